The topological polar surface area (TPSA) is 87.7 Å². The second kappa shape index (κ2) is 14.3. The molecular formula is C36H46ClN3O4. The Morgan fingerprint density at radius 3 is 1.95 bits per heavy atom. The van der Waals surface area contributed by atoms with E-state index in [0.717, 1.165) is 27.8 Å². The number of nitrogens with zero attached hydrogens (tertiary/aromatic N) is 1. The number of anilines is 1. The molecule has 3 amide bonds. The van der Waals surface area contributed by atoms with Gasteiger partial charge >= 0.3 is 6.09 Å². The van der Waals surface area contributed by atoms with Crippen molar-refractivity contribution < 1.29 is 19.1 Å². The van der Waals surface area contributed by atoms with Crippen molar-refractivity contribution in [2.45, 2.75) is 98.4 Å². The van der Waals surface area contributed by atoms with Crippen molar-refractivity contribution in [2.24, 2.45) is 0 Å². The number of nitrogens with one attached hydrogen (secondary N) is 2. The Morgan fingerprint density at radius 1 is 0.841 bits per heavy atom. The number of rotatable bonds is 10. The maximum Gasteiger partial charge on any atom is 0.408 e. The molecule has 236 valence electrons. The fourth-order valence-corrected chi connectivity index (χ4v) is 5.50. The van der Waals surface area contributed by atoms with E-state index < -0.39 is 41.1 Å². The number of benzene rings is 3. The molecule has 0 saturated heterocycles. The first kappa shape index (κ1) is 34.6. The lowest BCUT2D eigenvalue weighted by Gasteiger charge is -2.45. The number of para-hydroxylation sites is 1. The van der Waals surface area contributed by atoms with Gasteiger partial charge in [0.2, 0.25) is 5.91 Å². The van der Waals surface area contributed by atoms with Gasteiger partial charge in [0.1, 0.15) is 17.7 Å². The van der Waals surface area contributed by atoms with E-state index in [1.54, 1.807) is 31.7 Å². The molecule has 0 aliphatic rings. The first-order chi connectivity index (χ1) is 20.6. The lowest BCUT2D eigenvalue weighted by molar-refractivity contribution is -0.147. The summed E-state index contributed by atoms with van der Waals surface area (Å²) < 4.78 is 5.57. The molecule has 3 aromatic rings. The summed E-state index contributed by atoms with van der Waals surface area (Å²) in [6, 6.07) is 18.6. The molecule has 0 bridgehead atoms. The van der Waals surface area contributed by atoms with Crippen LogP contribution in [-0.2, 0) is 20.7 Å². The summed E-state index contributed by atoms with van der Waals surface area (Å²) in [4.78, 5) is 44.2. The van der Waals surface area contributed by atoms with E-state index in [4.69, 9.17) is 16.3 Å². The normalized spacial score (nSPS) is 13.0. The number of carbonyl (C=O) groups is 3. The minimum absolute atomic E-state index is 0.208. The SMILES string of the molecule is CCC(C)(C)N(C(=O)C(Cc1ccccc1)NC(=O)OC(C)(C)C)C(C(=O)Nc1c(C)cccc1Cl)c1c(C)cccc1C. The number of halogens is 1. The highest BCUT2D eigenvalue weighted by Gasteiger charge is 2.44. The van der Waals surface area contributed by atoms with Crippen LogP contribution in [0.3, 0.4) is 0 Å². The number of hydrogen-bond donors (Lipinski definition) is 2. The molecule has 0 spiro atoms. The summed E-state index contributed by atoms with van der Waals surface area (Å²) in [7, 11) is 0. The molecule has 2 atom stereocenters. The van der Waals surface area contributed by atoms with Crippen molar-refractivity contribution in [1.82, 2.24) is 10.2 Å². The Bertz CT molecular complexity index is 1440. The van der Waals surface area contributed by atoms with E-state index in [2.05, 4.69) is 10.6 Å². The van der Waals surface area contributed by atoms with E-state index in [-0.39, 0.29) is 6.42 Å². The lowest BCUT2D eigenvalue weighted by atomic mass is 9.88. The highest BCUT2D eigenvalue weighted by Crippen LogP contribution is 2.37. The largest absolute Gasteiger partial charge is 0.444 e. The Balaban J connectivity index is 2.22. The number of alkyl carbamates (subject to hydrolysis) is 1. The number of carbonyl (C=O) groups excluding carboxylic acids is 3. The van der Waals surface area contributed by atoms with Gasteiger partial charge in [0.05, 0.1) is 10.7 Å². The number of aryl methyl sites for hydroxylation is 3. The van der Waals surface area contributed by atoms with E-state index in [9.17, 15) is 14.4 Å². The monoisotopic (exact) mass is 619 g/mol. The number of ether oxygens (including phenoxy) is 1. The summed E-state index contributed by atoms with van der Waals surface area (Å²) >= 11 is 6.54. The molecule has 0 fully saturated rings. The van der Waals surface area contributed by atoms with Gasteiger partial charge in [0.15, 0.2) is 0 Å². The third kappa shape index (κ3) is 8.63. The van der Waals surface area contributed by atoms with Gasteiger partial charge in [-0.2, -0.15) is 0 Å². The van der Waals surface area contributed by atoms with Crippen LogP contribution in [0.1, 0.15) is 81.8 Å². The van der Waals surface area contributed by atoms with Crippen LogP contribution in [0.5, 0.6) is 0 Å². The highest BCUT2D eigenvalue weighted by atomic mass is 35.5. The average molecular weight is 620 g/mol. The smallest absolute Gasteiger partial charge is 0.408 e. The zero-order chi connectivity index (χ0) is 32.8. The maximum absolute atomic E-state index is 14.9. The van der Waals surface area contributed by atoms with Gasteiger partial charge in [0.25, 0.3) is 5.91 Å². The standard InChI is InChI=1S/C36H46ClN3O4/c1-10-36(8,9)40(33(42)28(22-26-19-12-11-13-20-26)38-34(43)44-35(5,6)7)31(29-23(2)16-14-17-24(29)3)32(41)39-30-25(4)18-15-21-27(30)37/h11-21,28,31H,10,22H2,1-9H3,(H,38,43)(H,39,41). The van der Waals surface area contributed by atoms with Gasteiger partial charge in [-0.3, -0.25) is 9.59 Å². The molecular weight excluding hydrogens is 574 g/mol. The number of amides is 3. The average Bonchev–Trinajstić information content (AvgIpc) is 2.93. The molecule has 44 heavy (non-hydrogen) atoms. The molecule has 2 N–H and O–H groups in total. The predicted octanol–water partition coefficient (Wildman–Crippen LogP) is 8.10. The van der Waals surface area contributed by atoms with Crippen LogP contribution in [0.25, 0.3) is 0 Å². The van der Waals surface area contributed by atoms with E-state index in [1.807, 2.05) is 102 Å². The molecule has 3 rings (SSSR count). The third-order valence-electron chi connectivity index (χ3n) is 7.82. The van der Waals surface area contributed by atoms with Crippen LogP contribution in [-0.4, -0.2) is 40.0 Å². The Kier molecular flexibility index (Phi) is 11.3. The fourth-order valence-electron chi connectivity index (χ4n) is 5.23. The van der Waals surface area contributed by atoms with E-state index in [0.29, 0.717) is 17.1 Å². The van der Waals surface area contributed by atoms with Crippen LogP contribution in [0.2, 0.25) is 5.02 Å². The molecule has 0 aromatic heterocycles. The van der Waals surface area contributed by atoms with Crippen molar-refractivity contribution in [2.75, 3.05) is 5.32 Å². The molecule has 0 aliphatic carbocycles. The third-order valence-corrected chi connectivity index (χ3v) is 8.13. The lowest BCUT2D eigenvalue weighted by Crippen LogP contribution is -2.59. The zero-order valence-electron chi connectivity index (χ0n) is 27.4. The second-order valence-corrected chi connectivity index (χ2v) is 13.3. The minimum Gasteiger partial charge on any atom is -0.444 e. The summed E-state index contributed by atoms with van der Waals surface area (Å²) in [6.45, 7) is 16.9. The maximum atomic E-state index is 14.9. The fraction of sp³-hybridized carbons (Fsp3) is 0.417. The minimum atomic E-state index is -1.03. The molecule has 0 aliphatic heterocycles. The molecule has 0 radical (unpaired) electrons. The van der Waals surface area contributed by atoms with Gasteiger partial charge in [-0.15, -0.1) is 0 Å². The molecule has 0 saturated carbocycles. The van der Waals surface area contributed by atoms with Gasteiger partial charge in [-0.05, 0) is 95.7 Å². The van der Waals surface area contributed by atoms with Gasteiger partial charge < -0.3 is 20.3 Å². The Morgan fingerprint density at radius 2 is 1.41 bits per heavy atom. The van der Waals surface area contributed by atoms with Crippen LogP contribution in [0, 0.1) is 20.8 Å². The highest BCUT2D eigenvalue weighted by molar-refractivity contribution is 6.34. The Labute approximate surface area is 267 Å². The van der Waals surface area contributed by atoms with E-state index in [1.165, 1.54) is 0 Å². The molecule has 0 heterocycles. The van der Waals surface area contributed by atoms with Gasteiger partial charge in [-0.1, -0.05) is 79.2 Å². The molecule has 2 unspecified atom stereocenters. The van der Waals surface area contributed by atoms with Gasteiger partial charge in [0, 0.05) is 12.0 Å². The van der Waals surface area contributed by atoms with Crippen LogP contribution < -0.4 is 10.6 Å². The van der Waals surface area contributed by atoms with Gasteiger partial charge in [-0.25, -0.2) is 4.79 Å². The zero-order valence-corrected chi connectivity index (χ0v) is 28.1. The Hall–Kier alpha value is -3.84. The van der Waals surface area contributed by atoms with Crippen molar-refractivity contribution in [3.63, 3.8) is 0 Å². The predicted molar refractivity (Wildman–Crippen MR) is 178 cm³/mol. The van der Waals surface area contributed by atoms with E-state index >= 15 is 0 Å². The van der Waals surface area contributed by atoms with Crippen LogP contribution >= 0.6 is 11.6 Å². The first-order valence-corrected chi connectivity index (χ1v) is 15.4. The molecule has 7 nitrogen and oxygen atoms in total. The molecule has 8 heteroatoms. The van der Waals surface area contributed by atoms with Crippen LogP contribution in [0.15, 0.2) is 66.7 Å². The summed E-state index contributed by atoms with van der Waals surface area (Å²) in [5.74, 6) is -0.797. The van der Waals surface area contributed by atoms with Crippen molar-refractivity contribution in [3.05, 3.63) is 99.6 Å². The summed E-state index contributed by atoms with van der Waals surface area (Å²) in [6.07, 6.45) is 0.0454. The molecule has 3 aromatic carbocycles. The van der Waals surface area contributed by atoms with Crippen molar-refractivity contribution in [3.8, 4) is 0 Å². The van der Waals surface area contributed by atoms with Crippen LogP contribution in [0.4, 0.5) is 10.5 Å². The second-order valence-electron chi connectivity index (χ2n) is 12.9. The number of hydrogen-bond acceptors (Lipinski definition) is 4. The summed E-state index contributed by atoms with van der Waals surface area (Å²) in [5.41, 5.74) is 3.04. The quantitative estimate of drug-likeness (QED) is 0.240. The first-order valence-electron chi connectivity index (χ1n) is 15.0. The van der Waals surface area contributed by atoms with Crippen molar-refractivity contribution >= 4 is 35.2 Å². The summed E-state index contributed by atoms with van der Waals surface area (Å²) in [5, 5.41) is 6.29. The van der Waals surface area contributed by atoms with Crippen molar-refractivity contribution in [1.29, 1.82) is 0 Å².